The Morgan fingerprint density at radius 2 is 2.08 bits per heavy atom. The van der Waals surface area contributed by atoms with Crippen LogP contribution < -0.4 is 10.6 Å². The molecule has 1 aromatic heterocycles. The van der Waals surface area contributed by atoms with E-state index in [1.165, 1.54) is 0 Å². The molecule has 1 aliphatic heterocycles. The summed E-state index contributed by atoms with van der Waals surface area (Å²) in [5.41, 5.74) is 0. The van der Waals surface area contributed by atoms with Gasteiger partial charge < -0.3 is 20.0 Å². The summed E-state index contributed by atoms with van der Waals surface area (Å²) in [5, 5.41) is 6.55. The predicted octanol–water partition coefficient (Wildman–Crippen LogP) is 2.25. The predicted molar refractivity (Wildman–Crippen MR) is 107 cm³/mol. The fraction of sp³-hybridized carbons (Fsp3) is 0.647. The number of hydrogen-bond donors (Lipinski definition) is 2. The molecule has 0 spiro atoms. The number of halogens is 1. The smallest absolute Gasteiger partial charge is 0.244 e. The molecule has 6 nitrogen and oxygen atoms in total. The summed E-state index contributed by atoms with van der Waals surface area (Å²) in [6.07, 6.45) is 4.68. The zero-order valence-electron chi connectivity index (χ0n) is 14.6. The minimum Gasteiger partial charge on any atom is -0.469 e. The minimum absolute atomic E-state index is 0. The number of furan rings is 1. The van der Waals surface area contributed by atoms with Gasteiger partial charge in [-0.05, 0) is 30.9 Å². The molecule has 0 aliphatic carbocycles. The fourth-order valence-corrected chi connectivity index (χ4v) is 2.45. The van der Waals surface area contributed by atoms with Crippen molar-refractivity contribution in [1.82, 2.24) is 15.5 Å². The standard InChI is InChI=1S/C17H28N4O2.HI/c1-14(2)12-19-17(18-8-7-15-6-5-11-23-15)20-13-16(22)21-9-3-4-10-21;/h5-6,11,14H,3-4,7-10,12-13H2,1-2H3,(H2,18,19,20);1H. The molecule has 0 radical (unpaired) electrons. The molecular weight excluding hydrogens is 419 g/mol. The van der Waals surface area contributed by atoms with Crippen LogP contribution in [0.4, 0.5) is 0 Å². The SMILES string of the molecule is CC(C)CNC(=NCC(=O)N1CCCC1)NCCc1ccco1.I. The van der Waals surface area contributed by atoms with E-state index < -0.39 is 0 Å². The molecule has 1 aromatic rings. The highest BCUT2D eigenvalue weighted by molar-refractivity contribution is 14.0. The van der Waals surface area contributed by atoms with Crippen LogP contribution in [0.5, 0.6) is 0 Å². The average Bonchev–Trinajstić information content (AvgIpc) is 3.21. The Morgan fingerprint density at radius 3 is 2.71 bits per heavy atom. The van der Waals surface area contributed by atoms with Crippen molar-refractivity contribution in [1.29, 1.82) is 0 Å². The molecule has 0 unspecified atom stereocenters. The summed E-state index contributed by atoms with van der Waals surface area (Å²) in [4.78, 5) is 18.4. The van der Waals surface area contributed by atoms with E-state index in [9.17, 15) is 4.79 Å². The van der Waals surface area contributed by atoms with Crippen molar-refractivity contribution < 1.29 is 9.21 Å². The van der Waals surface area contributed by atoms with E-state index >= 15 is 0 Å². The molecular formula is C17H29IN4O2. The summed E-state index contributed by atoms with van der Waals surface area (Å²) in [6, 6.07) is 3.84. The first-order valence-electron chi connectivity index (χ1n) is 8.47. The number of likely N-dealkylation sites (tertiary alicyclic amines) is 1. The van der Waals surface area contributed by atoms with Gasteiger partial charge in [0.05, 0.1) is 6.26 Å². The molecule has 1 fully saturated rings. The number of carbonyl (C=O) groups excluding carboxylic acids is 1. The molecule has 7 heteroatoms. The highest BCUT2D eigenvalue weighted by atomic mass is 127. The molecule has 0 bridgehead atoms. The summed E-state index contributed by atoms with van der Waals surface area (Å²) in [6.45, 7) is 7.77. The molecule has 2 N–H and O–H groups in total. The lowest BCUT2D eigenvalue weighted by molar-refractivity contribution is -0.128. The van der Waals surface area contributed by atoms with Crippen LogP contribution in [0.1, 0.15) is 32.4 Å². The third-order valence-electron chi connectivity index (χ3n) is 3.75. The number of amides is 1. The van der Waals surface area contributed by atoms with Crippen molar-refractivity contribution in [2.75, 3.05) is 32.7 Å². The molecule has 1 saturated heterocycles. The maximum Gasteiger partial charge on any atom is 0.244 e. The molecule has 0 aromatic carbocycles. The van der Waals surface area contributed by atoms with Gasteiger partial charge in [0, 0.05) is 32.6 Å². The first-order valence-corrected chi connectivity index (χ1v) is 8.47. The van der Waals surface area contributed by atoms with Crippen molar-refractivity contribution in [3.05, 3.63) is 24.2 Å². The number of carbonyl (C=O) groups is 1. The zero-order valence-corrected chi connectivity index (χ0v) is 16.9. The number of hydrogen-bond acceptors (Lipinski definition) is 3. The van der Waals surface area contributed by atoms with Crippen LogP contribution in [0.3, 0.4) is 0 Å². The number of aliphatic imine (C=N–C) groups is 1. The van der Waals surface area contributed by atoms with E-state index in [2.05, 4.69) is 29.5 Å². The number of nitrogens with one attached hydrogen (secondary N) is 2. The van der Waals surface area contributed by atoms with Crippen LogP contribution in [0.2, 0.25) is 0 Å². The highest BCUT2D eigenvalue weighted by Crippen LogP contribution is 2.07. The number of rotatable bonds is 7. The lowest BCUT2D eigenvalue weighted by Gasteiger charge is -2.16. The van der Waals surface area contributed by atoms with Crippen LogP contribution >= 0.6 is 24.0 Å². The molecule has 1 amide bonds. The second-order valence-electron chi connectivity index (χ2n) is 6.28. The summed E-state index contributed by atoms with van der Waals surface area (Å²) in [5.74, 6) is 2.26. The largest absolute Gasteiger partial charge is 0.469 e. The Morgan fingerprint density at radius 1 is 1.33 bits per heavy atom. The summed E-state index contributed by atoms with van der Waals surface area (Å²) >= 11 is 0. The first kappa shape index (κ1) is 20.8. The van der Waals surface area contributed by atoms with E-state index in [0.717, 1.165) is 51.2 Å². The van der Waals surface area contributed by atoms with Gasteiger partial charge in [0.2, 0.25) is 5.91 Å². The molecule has 136 valence electrons. The number of guanidine groups is 1. The van der Waals surface area contributed by atoms with Crippen molar-refractivity contribution in [3.63, 3.8) is 0 Å². The van der Waals surface area contributed by atoms with Gasteiger partial charge in [0.15, 0.2) is 5.96 Å². The van der Waals surface area contributed by atoms with Crippen LogP contribution in [0.15, 0.2) is 27.8 Å². The van der Waals surface area contributed by atoms with E-state index in [0.29, 0.717) is 11.9 Å². The van der Waals surface area contributed by atoms with Gasteiger partial charge in [-0.15, -0.1) is 24.0 Å². The fourth-order valence-electron chi connectivity index (χ4n) is 2.45. The lowest BCUT2D eigenvalue weighted by atomic mass is 10.2. The van der Waals surface area contributed by atoms with Crippen molar-refractivity contribution in [2.24, 2.45) is 10.9 Å². The Labute approximate surface area is 161 Å². The monoisotopic (exact) mass is 448 g/mol. The third-order valence-corrected chi connectivity index (χ3v) is 3.75. The maximum atomic E-state index is 12.1. The molecule has 24 heavy (non-hydrogen) atoms. The molecule has 2 heterocycles. The maximum absolute atomic E-state index is 12.1. The van der Waals surface area contributed by atoms with Crippen LogP contribution in [0, 0.1) is 5.92 Å². The second kappa shape index (κ2) is 11.3. The molecule has 0 atom stereocenters. The second-order valence-corrected chi connectivity index (χ2v) is 6.28. The Hall–Kier alpha value is -1.25. The third kappa shape index (κ3) is 7.55. The molecule has 1 aliphatic rings. The quantitative estimate of drug-likeness (QED) is 0.382. The van der Waals surface area contributed by atoms with E-state index in [4.69, 9.17) is 4.42 Å². The lowest BCUT2D eigenvalue weighted by Crippen LogP contribution is -2.41. The highest BCUT2D eigenvalue weighted by Gasteiger charge is 2.17. The van der Waals surface area contributed by atoms with Crippen molar-refractivity contribution >= 4 is 35.8 Å². The minimum atomic E-state index is 0. The van der Waals surface area contributed by atoms with E-state index in [1.807, 2.05) is 17.0 Å². The van der Waals surface area contributed by atoms with Gasteiger partial charge in [0.1, 0.15) is 12.3 Å². The molecule has 2 rings (SSSR count). The topological polar surface area (TPSA) is 69.9 Å². The summed E-state index contributed by atoms with van der Waals surface area (Å²) in [7, 11) is 0. The van der Waals surface area contributed by atoms with Crippen LogP contribution in [0.25, 0.3) is 0 Å². The zero-order chi connectivity index (χ0) is 16.5. The van der Waals surface area contributed by atoms with Gasteiger partial charge in [-0.2, -0.15) is 0 Å². The Balaban J connectivity index is 0.00000288. The Kier molecular flexibility index (Phi) is 9.82. The van der Waals surface area contributed by atoms with Gasteiger partial charge in [-0.25, -0.2) is 4.99 Å². The average molecular weight is 448 g/mol. The first-order chi connectivity index (χ1) is 11.1. The van der Waals surface area contributed by atoms with Gasteiger partial charge >= 0.3 is 0 Å². The summed E-state index contributed by atoms with van der Waals surface area (Å²) < 4.78 is 5.32. The van der Waals surface area contributed by atoms with Crippen molar-refractivity contribution in [3.8, 4) is 0 Å². The van der Waals surface area contributed by atoms with Gasteiger partial charge in [0.25, 0.3) is 0 Å². The normalized spacial score (nSPS) is 14.6. The van der Waals surface area contributed by atoms with Crippen LogP contribution in [-0.4, -0.2) is 49.5 Å². The van der Waals surface area contributed by atoms with Gasteiger partial charge in [-0.3, -0.25) is 4.79 Å². The van der Waals surface area contributed by atoms with Crippen LogP contribution in [-0.2, 0) is 11.2 Å². The van der Waals surface area contributed by atoms with E-state index in [1.54, 1.807) is 6.26 Å². The Bertz CT molecular complexity index is 497. The van der Waals surface area contributed by atoms with Gasteiger partial charge in [-0.1, -0.05) is 13.8 Å². The number of nitrogens with zero attached hydrogens (tertiary/aromatic N) is 2. The molecule has 0 saturated carbocycles. The van der Waals surface area contributed by atoms with Crippen molar-refractivity contribution in [2.45, 2.75) is 33.1 Å². The van der Waals surface area contributed by atoms with E-state index in [-0.39, 0.29) is 36.4 Å².